The monoisotopic (exact) mass is 282 g/mol. The van der Waals surface area contributed by atoms with Crippen molar-refractivity contribution >= 4 is 34.2 Å². The lowest BCUT2D eigenvalue weighted by molar-refractivity contribution is 0.411. The molecule has 0 aliphatic heterocycles. The summed E-state index contributed by atoms with van der Waals surface area (Å²) in [6.07, 6.45) is 0. The molecule has 1 aromatic rings. The fourth-order valence-corrected chi connectivity index (χ4v) is 1.76. The number of benzene rings is 1. The van der Waals surface area contributed by atoms with Crippen LogP contribution < -0.4 is 4.74 Å². The smallest absolute Gasteiger partial charge is 0.132 e. The summed E-state index contributed by atoms with van der Waals surface area (Å²) in [6, 6.07) is 5.92. The standard InChI is InChI=1S/C8H8ClIO/c1-11-8-3-2-6(5-9)4-7(8)10/h2-4H,5H2,1H3. The van der Waals surface area contributed by atoms with E-state index in [4.69, 9.17) is 16.3 Å². The van der Waals surface area contributed by atoms with Crippen molar-refractivity contribution in [2.24, 2.45) is 0 Å². The highest BCUT2D eigenvalue weighted by molar-refractivity contribution is 14.1. The van der Waals surface area contributed by atoms with Crippen LogP contribution in [0.2, 0.25) is 0 Å². The molecule has 0 fully saturated rings. The molecule has 0 atom stereocenters. The molecule has 0 radical (unpaired) electrons. The van der Waals surface area contributed by atoms with Crippen LogP contribution in [0, 0.1) is 3.57 Å². The predicted octanol–water partition coefficient (Wildman–Crippen LogP) is 3.04. The summed E-state index contributed by atoms with van der Waals surface area (Å²) in [5.74, 6) is 1.46. The Morgan fingerprint density at radius 1 is 1.55 bits per heavy atom. The number of halogens is 2. The van der Waals surface area contributed by atoms with E-state index < -0.39 is 0 Å². The van der Waals surface area contributed by atoms with Gasteiger partial charge in [0.1, 0.15) is 5.75 Å². The van der Waals surface area contributed by atoms with E-state index in [0.717, 1.165) is 14.9 Å². The summed E-state index contributed by atoms with van der Waals surface area (Å²) < 4.78 is 6.19. The summed E-state index contributed by atoms with van der Waals surface area (Å²) >= 11 is 7.88. The highest BCUT2D eigenvalue weighted by Crippen LogP contribution is 2.21. The van der Waals surface area contributed by atoms with Crippen LogP contribution in [0.3, 0.4) is 0 Å². The Balaban J connectivity index is 2.99. The van der Waals surface area contributed by atoms with Gasteiger partial charge in [-0.05, 0) is 40.3 Å². The fraction of sp³-hybridized carbons (Fsp3) is 0.250. The minimum absolute atomic E-state index is 0.556. The average Bonchev–Trinajstić information content (AvgIpc) is 2.04. The first kappa shape index (κ1) is 9.13. The van der Waals surface area contributed by atoms with Gasteiger partial charge in [-0.15, -0.1) is 11.6 Å². The van der Waals surface area contributed by atoms with Crippen molar-refractivity contribution < 1.29 is 4.74 Å². The second-order valence-electron chi connectivity index (χ2n) is 2.10. The molecule has 0 aliphatic rings. The molecular formula is C8H8ClIO. The second-order valence-corrected chi connectivity index (χ2v) is 3.53. The second kappa shape index (κ2) is 4.16. The topological polar surface area (TPSA) is 9.23 Å². The van der Waals surface area contributed by atoms with Gasteiger partial charge in [0.05, 0.1) is 10.7 Å². The Morgan fingerprint density at radius 3 is 2.73 bits per heavy atom. The van der Waals surface area contributed by atoms with Crippen LogP contribution >= 0.6 is 34.2 Å². The molecule has 0 aliphatic carbocycles. The molecule has 1 nitrogen and oxygen atoms in total. The lowest BCUT2D eigenvalue weighted by atomic mass is 10.2. The normalized spacial score (nSPS) is 9.73. The maximum absolute atomic E-state index is 5.65. The van der Waals surface area contributed by atoms with E-state index in [2.05, 4.69) is 22.6 Å². The molecule has 11 heavy (non-hydrogen) atoms. The quantitative estimate of drug-likeness (QED) is 0.598. The molecule has 0 unspecified atom stereocenters. The third kappa shape index (κ3) is 2.24. The van der Waals surface area contributed by atoms with Crippen LogP contribution in [0.25, 0.3) is 0 Å². The first-order valence-corrected chi connectivity index (χ1v) is 4.77. The van der Waals surface area contributed by atoms with Crippen molar-refractivity contribution in [3.05, 3.63) is 27.3 Å². The van der Waals surface area contributed by atoms with Crippen LogP contribution in [0.1, 0.15) is 5.56 Å². The molecule has 1 rings (SSSR count). The number of ether oxygens (including phenoxy) is 1. The Labute approximate surface area is 84.8 Å². The fourth-order valence-electron chi connectivity index (χ4n) is 0.793. The van der Waals surface area contributed by atoms with Gasteiger partial charge in [0.15, 0.2) is 0 Å². The summed E-state index contributed by atoms with van der Waals surface area (Å²) in [5, 5.41) is 0. The number of hydrogen-bond acceptors (Lipinski definition) is 1. The minimum atomic E-state index is 0.556. The van der Waals surface area contributed by atoms with Gasteiger partial charge < -0.3 is 4.74 Å². The first-order valence-electron chi connectivity index (χ1n) is 3.16. The highest BCUT2D eigenvalue weighted by atomic mass is 127. The largest absolute Gasteiger partial charge is 0.496 e. The van der Waals surface area contributed by atoms with Crippen LogP contribution in [0.5, 0.6) is 5.75 Å². The van der Waals surface area contributed by atoms with Crippen molar-refractivity contribution in [2.75, 3.05) is 7.11 Å². The van der Waals surface area contributed by atoms with Crippen molar-refractivity contribution in [1.82, 2.24) is 0 Å². The lowest BCUT2D eigenvalue weighted by Crippen LogP contribution is -1.87. The van der Waals surface area contributed by atoms with Gasteiger partial charge in [-0.3, -0.25) is 0 Å². The molecule has 0 saturated carbocycles. The Morgan fingerprint density at radius 2 is 2.27 bits per heavy atom. The van der Waals surface area contributed by atoms with E-state index in [1.54, 1.807) is 7.11 Å². The highest BCUT2D eigenvalue weighted by Gasteiger charge is 1.99. The molecule has 0 aromatic heterocycles. The molecule has 1 aromatic carbocycles. The molecule has 0 heterocycles. The SMILES string of the molecule is COc1ccc(CCl)cc1I. The van der Waals surface area contributed by atoms with E-state index >= 15 is 0 Å². The van der Waals surface area contributed by atoms with Crippen LogP contribution in [0.4, 0.5) is 0 Å². The summed E-state index contributed by atoms with van der Waals surface area (Å²) in [4.78, 5) is 0. The predicted molar refractivity (Wildman–Crippen MR) is 55.3 cm³/mol. The zero-order valence-corrected chi connectivity index (χ0v) is 9.02. The van der Waals surface area contributed by atoms with Gasteiger partial charge in [0.25, 0.3) is 0 Å². The van der Waals surface area contributed by atoms with Gasteiger partial charge in [-0.25, -0.2) is 0 Å². The lowest BCUT2D eigenvalue weighted by Gasteiger charge is -2.03. The summed E-state index contributed by atoms with van der Waals surface area (Å²) in [7, 11) is 1.66. The van der Waals surface area contributed by atoms with Crippen molar-refractivity contribution in [2.45, 2.75) is 5.88 Å². The minimum Gasteiger partial charge on any atom is -0.496 e. The third-order valence-corrected chi connectivity index (χ3v) is 2.52. The maximum Gasteiger partial charge on any atom is 0.132 e. The molecule has 0 spiro atoms. The molecule has 0 saturated heterocycles. The third-order valence-electron chi connectivity index (χ3n) is 1.37. The number of methoxy groups -OCH3 is 1. The van der Waals surface area contributed by atoms with Crippen molar-refractivity contribution in [3.63, 3.8) is 0 Å². The van der Waals surface area contributed by atoms with Crippen LogP contribution in [-0.2, 0) is 5.88 Å². The summed E-state index contributed by atoms with van der Waals surface area (Å²) in [6.45, 7) is 0. The number of hydrogen-bond donors (Lipinski definition) is 0. The first-order chi connectivity index (χ1) is 5.27. The molecular weight excluding hydrogens is 274 g/mol. The number of rotatable bonds is 2. The van der Waals surface area contributed by atoms with E-state index in [9.17, 15) is 0 Å². The molecule has 3 heteroatoms. The van der Waals surface area contributed by atoms with Gasteiger partial charge in [0.2, 0.25) is 0 Å². The Kier molecular flexibility index (Phi) is 3.45. The van der Waals surface area contributed by atoms with Crippen molar-refractivity contribution in [1.29, 1.82) is 0 Å². The Hall–Kier alpha value is 0.0400. The van der Waals surface area contributed by atoms with Crippen LogP contribution in [-0.4, -0.2) is 7.11 Å². The Bertz CT molecular complexity index is 250. The average molecular weight is 283 g/mol. The molecule has 0 bridgehead atoms. The van der Waals surface area contributed by atoms with Gasteiger partial charge >= 0.3 is 0 Å². The molecule has 0 amide bonds. The van der Waals surface area contributed by atoms with E-state index in [-0.39, 0.29) is 0 Å². The van der Waals surface area contributed by atoms with Gasteiger partial charge in [-0.2, -0.15) is 0 Å². The van der Waals surface area contributed by atoms with Gasteiger partial charge in [0, 0.05) is 5.88 Å². The summed E-state index contributed by atoms with van der Waals surface area (Å²) in [5.41, 5.74) is 1.12. The van der Waals surface area contributed by atoms with E-state index in [0.29, 0.717) is 5.88 Å². The zero-order chi connectivity index (χ0) is 8.27. The molecule has 60 valence electrons. The molecule has 0 N–H and O–H groups in total. The van der Waals surface area contributed by atoms with Crippen LogP contribution in [0.15, 0.2) is 18.2 Å². The maximum atomic E-state index is 5.65. The van der Waals surface area contributed by atoms with E-state index in [1.807, 2.05) is 18.2 Å². The van der Waals surface area contributed by atoms with Crippen molar-refractivity contribution in [3.8, 4) is 5.75 Å². The zero-order valence-electron chi connectivity index (χ0n) is 6.10. The number of alkyl halides is 1. The van der Waals surface area contributed by atoms with Gasteiger partial charge in [-0.1, -0.05) is 6.07 Å². The van der Waals surface area contributed by atoms with E-state index in [1.165, 1.54) is 0 Å².